The first-order valence-electron chi connectivity index (χ1n) is 8.43. The minimum Gasteiger partial charge on any atom is -0.469 e. The Morgan fingerprint density at radius 3 is 2.92 bits per heavy atom. The summed E-state index contributed by atoms with van der Waals surface area (Å²) in [5.41, 5.74) is 0.890. The molecule has 0 fully saturated rings. The van der Waals surface area contributed by atoms with E-state index in [4.69, 9.17) is 8.83 Å². The molecule has 130 valence electrons. The Morgan fingerprint density at radius 2 is 2.16 bits per heavy atom. The molecular weight excluding hydrogens is 314 g/mol. The van der Waals surface area contributed by atoms with Crippen molar-refractivity contribution in [3.63, 3.8) is 0 Å². The van der Waals surface area contributed by atoms with Crippen LogP contribution in [0.3, 0.4) is 0 Å². The van der Waals surface area contributed by atoms with Gasteiger partial charge in [-0.05, 0) is 31.2 Å². The zero-order valence-corrected chi connectivity index (χ0v) is 14.4. The lowest BCUT2D eigenvalue weighted by Gasteiger charge is -2.16. The molecule has 5 nitrogen and oxygen atoms in total. The van der Waals surface area contributed by atoms with E-state index in [9.17, 15) is 0 Å². The van der Waals surface area contributed by atoms with Gasteiger partial charge in [-0.1, -0.05) is 24.3 Å². The molecule has 0 aliphatic heterocycles. The van der Waals surface area contributed by atoms with Gasteiger partial charge >= 0.3 is 0 Å². The summed E-state index contributed by atoms with van der Waals surface area (Å²) in [4.78, 5) is 4.60. The Kier molecular flexibility index (Phi) is 5.57. The summed E-state index contributed by atoms with van der Waals surface area (Å²) >= 11 is 0. The van der Waals surface area contributed by atoms with Gasteiger partial charge in [-0.2, -0.15) is 0 Å². The second-order valence-electron chi connectivity index (χ2n) is 5.78. The third kappa shape index (κ3) is 4.53. The molecule has 2 N–H and O–H groups in total. The molecule has 0 saturated heterocycles. The molecule has 3 rings (SSSR count). The topological polar surface area (TPSA) is 62.7 Å². The van der Waals surface area contributed by atoms with Crippen molar-refractivity contribution in [2.75, 3.05) is 13.1 Å². The number of rotatable bonds is 7. The van der Waals surface area contributed by atoms with Gasteiger partial charge in [0.05, 0.1) is 12.3 Å². The second-order valence-corrected chi connectivity index (χ2v) is 5.78. The minimum atomic E-state index is -0.00734. The number of fused-ring (bicyclic) bond motifs is 1. The Hall–Kier alpha value is -2.95. The lowest BCUT2D eigenvalue weighted by atomic mass is 10.2. The van der Waals surface area contributed by atoms with Gasteiger partial charge in [0.15, 0.2) is 5.96 Å². The van der Waals surface area contributed by atoms with Crippen molar-refractivity contribution in [1.82, 2.24) is 10.6 Å². The summed E-state index contributed by atoms with van der Waals surface area (Å²) in [6.45, 7) is 7.06. The molecular formula is C20H23N3O2. The second kappa shape index (κ2) is 8.24. The van der Waals surface area contributed by atoms with E-state index in [0.29, 0.717) is 13.1 Å². The number of nitrogens with zero attached hydrogens (tertiary/aromatic N) is 1. The molecule has 1 unspecified atom stereocenters. The number of furan rings is 2. The van der Waals surface area contributed by atoms with Crippen LogP contribution in [0.1, 0.15) is 24.5 Å². The number of guanidine groups is 1. The van der Waals surface area contributed by atoms with E-state index in [1.54, 1.807) is 12.3 Å². The molecule has 0 saturated carbocycles. The summed E-state index contributed by atoms with van der Waals surface area (Å²) in [7, 11) is 0. The third-order valence-electron chi connectivity index (χ3n) is 3.85. The van der Waals surface area contributed by atoms with E-state index in [-0.39, 0.29) is 6.04 Å². The molecule has 0 spiro atoms. The first kappa shape index (κ1) is 16.9. The van der Waals surface area contributed by atoms with Gasteiger partial charge in [-0.15, -0.1) is 6.58 Å². The summed E-state index contributed by atoms with van der Waals surface area (Å²) in [5, 5.41) is 7.71. The number of hydrogen-bond donors (Lipinski definition) is 2. The van der Waals surface area contributed by atoms with Crippen LogP contribution in [-0.2, 0) is 6.42 Å². The van der Waals surface area contributed by atoms with Gasteiger partial charge in [0.25, 0.3) is 0 Å². The molecule has 1 aromatic carbocycles. The van der Waals surface area contributed by atoms with E-state index in [1.807, 2.05) is 36.4 Å². The van der Waals surface area contributed by atoms with Crippen LogP contribution in [0.2, 0.25) is 0 Å². The number of hydrogen-bond acceptors (Lipinski definition) is 3. The normalized spacial score (nSPS) is 12.9. The Morgan fingerprint density at radius 1 is 1.28 bits per heavy atom. The summed E-state index contributed by atoms with van der Waals surface area (Å²) in [6.07, 6.45) is 4.24. The fourth-order valence-corrected chi connectivity index (χ4v) is 2.55. The van der Waals surface area contributed by atoms with Gasteiger partial charge < -0.3 is 19.5 Å². The molecule has 3 aromatic rings. The van der Waals surface area contributed by atoms with Crippen molar-refractivity contribution in [1.29, 1.82) is 0 Å². The standard InChI is InChI=1S/C20H23N3O2/c1-3-11-21-20(22-12-10-17-8-6-13-24-17)23-15(2)19-14-16-7-4-5-9-18(16)25-19/h3-9,13-15H,1,10-12H2,2H3,(H2,21,22,23). The molecule has 0 aliphatic carbocycles. The maximum Gasteiger partial charge on any atom is 0.192 e. The molecule has 5 heteroatoms. The van der Waals surface area contributed by atoms with Crippen LogP contribution < -0.4 is 10.6 Å². The van der Waals surface area contributed by atoms with Gasteiger partial charge in [-0.3, -0.25) is 4.99 Å². The highest BCUT2D eigenvalue weighted by molar-refractivity contribution is 5.81. The first-order chi connectivity index (χ1) is 12.3. The van der Waals surface area contributed by atoms with E-state index >= 15 is 0 Å². The van der Waals surface area contributed by atoms with Gasteiger partial charge in [0.2, 0.25) is 0 Å². The first-order valence-corrected chi connectivity index (χ1v) is 8.43. The SMILES string of the molecule is C=CCNC(=NCCc1ccco1)NC(C)c1cc2ccccc2o1. The number of aliphatic imine (C=N–C) groups is 1. The Balaban J connectivity index is 1.66. The van der Waals surface area contributed by atoms with E-state index in [1.165, 1.54) is 0 Å². The summed E-state index contributed by atoms with van der Waals surface area (Å²) in [5.74, 6) is 2.52. The third-order valence-corrected chi connectivity index (χ3v) is 3.85. The monoisotopic (exact) mass is 337 g/mol. The lowest BCUT2D eigenvalue weighted by Crippen LogP contribution is -2.39. The van der Waals surface area contributed by atoms with Crippen LogP contribution in [-0.4, -0.2) is 19.0 Å². The molecule has 0 amide bonds. The summed E-state index contributed by atoms with van der Waals surface area (Å²) in [6, 6.07) is 13.9. The van der Waals surface area contributed by atoms with Crippen molar-refractivity contribution in [2.45, 2.75) is 19.4 Å². The van der Waals surface area contributed by atoms with Crippen LogP contribution in [0.25, 0.3) is 11.0 Å². The highest BCUT2D eigenvalue weighted by Gasteiger charge is 2.13. The predicted molar refractivity (Wildman–Crippen MR) is 101 cm³/mol. The predicted octanol–water partition coefficient (Wildman–Crippen LogP) is 4.05. The zero-order chi connectivity index (χ0) is 17.5. The molecule has 0 radical (unpaired) electrons. The highest BCUT2D eigenvalue weighted by atomic mass is 16.3. The average molecular weight is 337 g/mol. The molecule has 25 heavy (non-hydrogen) atoms. The quantitative estimate of drug-likeness (QED) is 0.388. The van der Waals surface area contributed by atoms with Crippen LogP contribution in [0.4, 0.5) is 0 Å². The molecule has 2 aromatic heterocycles. The van der Waals surface area contributed by atoms with Crippen LogP contribution >= 0.6 is 0 Å². The largest absolute Gasteiger partial charge is 0.469 e. The number of benzene rings is 1. The van der Waals surface area contributed by atoms with E-state index < -0.39 is 0 Å². The number of para-hydroxylation sites is 1. The van der Waals surface area contributed by atoms with E-state index in [2.05, 4.69) is 35.2 Å². The maximum atomic E-state index is 5.92. The molecule has 2 heterocycles. The zero-order valence-electron chi connectivity index (χ0n) is 14.4. The molecule has 0 bridgehead atoms. The fourth-order valence-electron chi connectivity index (χ4n) is 2.55. The van der Waals surface area contributed by atoms with Crippen molar-refractivity contribution < 1.29 is 8.83 Å². The summed E-state index contributed by atoms with van der Waals surface area (Å²) < 4.78 is 11.3. The Bertz CT molecular complexity index is 801. The lowest BCUT2D eigenvalue weighted by molar-refractivity contribution is 0.488. The molecule has 1 atom stereocenters. The maximum absolute atomic E-state index is 5.92. The number of nitrogens with one attached hydrogen (secondary N) is 2. The minimum absolute atomic E-state index is 0.00734. The fraction of sp³-hybridized carbons (Fsp3) is 0.250. The Labute approximate surface area is 147 Å². The van der Waals surface area contributed by atoms with Gasteiger partial charge in [0.1, 0.15) is 17.1 Å². The van der Waals surface area contributed by atoms with E-state index in [0.717, 1.165) is 34.9 Å². The van der Waals surface area contributed by atoms with Crippen molar-refractivity contribution in [2.24, 2.45) is 4.99 Å². The van der Waals surface area contributed by atoms with Crippen LogP contribution in [0, 0.1) is 0 Å². The van der Waals surface area contributed by atoms with Crippen LogP contribution in [0.5, 0.6) is 0 Å². The molecule has 0 aliphatic rings. The smallest absolute Gasteiger partial charge is 0.192 e. The van der Waals surface area contributed by atoms with Crippen LogP contribution in [0.15, 0.2) is 75.2 Å². The van der Waals surface area contributed by atoms with Crippen molar-refractivity contribution in [3.8, 4) is 0 Å². The van der Waals surface area contributed by atoms with Gasteiger partial charge in [0, 0.05) is 24.9 Å². The van der Waals surface area contributed by atoms with Gasteiger partial charge in [-0.25, -0.2) is 0 Å². The van der Waals surface area contributed by atoms with Crippen molar-refractivity contribution in [3.05, 3.63) is 72.9 Å². The highest BCUT2D eigenvalue weighted by Crippen LogP contribution is 2.23. The van der Waals surface area contributed by atoms with Crippen molar-refractivity contribution >= 4 is 16.9 Å². The average Bonchev–Trinajstić information content (AvgIpc) is 3.28.